The lowest BCUT2D eigenvalue weighted by Gasteiger charge is -2.34. The first-order chi connectivity index (χ1) is 7.44. The van der Waals surface area contributed by atoms with Gasteiger partial charge in [0.05, 0.1) is 6.42 Å². The van der Waals surface area contributed by atoms with Crippen LogP contribution in [0.2, 0.25) is 0 Å². The summed E-state index contributed by atoms with van der Waals surface area (Å²) in [5.74, 6) is -0.125. The summed E-state index contributed by atoms with van der Waals surface area (Å²) in [6, 6.07) is -0.0869. The van der Waals surface area contributed by atoms with Crippen molar-refractivity contribution in [3.8, 4) is 0 Å². The summed E-state index contributed by atoms with van der Waals surface area (Å²) in [6.45, 7) is 0.536. The van der Waals surface area contributed by atoms with Gasteiger partial charge in [0.2, 0.25) is 5.91 Å². The van der Waals surface area contributed by atoms with Crippen LogP contribution in [-0.2, 0) is 4.79 Å². The molecule has 1 aliphatic heterocycles. The van der Waals surface area contributed by atoms with Crippen molar-refractivity contribution in [1.29, 1.82) is 0 Å². The van der Waals surface area contributed by atoms with E-state index in [-0.39, 0.29) is 6.04 Å². The number of piperidine rings is 1. The molecule has 0 aliphatic carbocycles. The van der Waals surface area contributed by atoms with Gasteiger partial charge in [-0.05, 0) is 19.3 Å². The number of halogens is 4. The molecule has 1 saturated heterocycles. The maximum atomic E-state index is 12.0. The maximum Gasteiger partial charge on any atom is 0.389 e. The number of likely N-dealkylation sites (tertiary alicyclic amines) is 1. The fraction of sp³-hybridized carbons (Fsp3) is 0.900. The summed E-state index contributed by atoms with van der Waals surface area (Å²) in [6.07, 6.45) is -3.14. The molecule has 1 aliphatic rings. The minimum Gasteiger partial charge on any atom is -0.339 e. The number of nitrogens with zero attached hydrogens (tertiary/aromatic N) is 1. The molecule has 6 heteroatoms. The Kier molecular flexibility index (Phi) is 4.89. The standard InChI is InChI=1S/C10H15ClF3NO/c11-7-8-3-1-2-6-15(8)9(16)4-5-10(12,13)14/h8H,1-7H2. The summed E-state index contributed by atoms with van der Waals surface area (Å²) in [5, 5.41) is 0. The Hall–Kier alpha value is -0.450. The highest BCUT2D eigenvalue weighted by Gasteiger charge is 2.31. The average molecular weight is 258 g/mol. The van der Waals surface area contributed by atoms with Crippen LogP contribution >= 0.6 is 11.6 Å². The first kappa shape index (κ1) is 13.6. The Morgan fingerprint density at radius 2 is 2.06 bits per heavy atom. The van der Waals surface area contributed by atoms with Gasteiger partial charge in [-0.15, -0.1) is 11.6 Å². The van der Waals surface area contributed by atoms with Crippen molar-refractivity contribution in [2.24, 2.45) is 0 Å². The predicted molar refractivity (Wildman–Crippen MR) is 55.4 cm³/mol. The fourth-order valence-corrected chi connectivity index (χ4v) is 2.20. The van der Waals surface area contributed by atoms with E-state index < -0.39 is 24.9 Å². The molecule has 1 rings (SSSR count). The molecule has 0 aromatic heterocycles. The van der Waals surface area contributed by atoms with E-state index in [2.05, 4.69) is 0 Å². The van der Waals surface area contributed by atoms with Crippen LogP contribution in [0.3, 0.4) is 0 Å². The molecule has 94 valence electrons. The monoisotopic (exact) mass is 257 g/mol. The third-order valence-electron chi connectivity index (χ3n) is 2.75. The van der Waals surface area contributed by atoms with Gasteiger partial charge in [-0.25, -0.2) is 0 Å². The van der Waals surface area contributed by atoms with Gasteiger partial charge in [0.1, 0.15) is 0 Å². The van der Waals surface area contributed by atoms with Crippen LogP contribution < -0.4 is 0 Å². The molecule has 0 aromatic rings. The molecule has 0 saturated carbocycles. The SMILES string of the molecule is O=C(CCC(F)(F)F)N1CCCCC1CCl. The van der Waals surface area contributed by atoms with E-state index in [1.54, 1.807) is 0 Å². The van der Waals surface area contributed by atoms with Crippen molar-refractivity contribution >= 4 is 17.5 Å². The van der Waals surface area contributed by atoms with E-state index in [0.29, 0.717) is 12.4 Å². The summed E-state index contributed by atoms with van der Waals surface area (Å²) < 4.78 is 35.9. The zero-order chi connectivity index (χ0) is 12.2. The zero-order valence-electron chi connectivity index (χ0n) is 8.89. The molecule has 1 unspecified atom stereocenters. The third kappa shape index (κ3) is 4.20. The number of rotatable bonds is 3. The highest BCUT2D eigenvalue weighted by molar-refractivity contribution is 6.18. The molecule has 0 N–H and O–H groups in total. The Morgan fingerprint density at radius 1 is 1.38 bits per heavy atom. The second kappa shape index (κ2) is 5.75. The largest absolute Gasteiger partial charge is 0.389 e. The Bertz CT molecular complexity index is 245. The van der Waals surface area contributed by atoms with Crippen LogP contribution in [0.4, 0.5) is 13.2 Å². The summed E-state index contributed by atoms with van der Waals surface area (Å²) in [5.41, 5.74) is 0. The molecule has 0 spiro atoms. The topological polar surface area (TPSA) is 20.3 Å². The molecular formula is C10H15ClF3NO. The van der Waals surface area contributed by atoms with Gasteiger partial charge in [0, 0.05) is 24.9 Å². The molecule has 0 aromatic carbocycles. The van der Waals surface area contributed by atoms with Crippen molar-refractivity contribution in [3.63, 3.8) is 0 Å². The lowest BCUT2D eigenvalue weighted by molar-refractivity contribution is -0.150. The molecule has 16 heavy (non-hydrogen) atoms. The van der Waals surface area contributed by atoms with Crippen LogP contribution in [0.15, 0.2) is 0 Å². The van der Waals surface area contributed by atoms with Gasteiger partial charge in [-0.3, -0.25) is 4.79 Å². The molecule has 1 heterocycles. The van der Waals surface area contributed by atoms with Crippen LogP contribution in [0.5, 0.6) is 0 Å². The zero-order valence-corrected chi connectivity index (χ0v) is 9.65. The quantitative estimate of drug-likeness (QED) is 0.712. The highest BCUT2D eigenvalue weighted by Crippen LogP contribution is 2.24. The summed E-state index contributed by atoms with van der Waals surface area (Å²) in [4.78, 5) is 13.1. The third-order valence-corrected chi connectivity index (χ3v) is 3.10. The maximum absolute atomic E-state index is 12.0. The van der Waals surface area contributed by atoms with Crippen molar-refractivity contribution in [2.45, 2.75) is 44.3 Å². The Labute approximate surface area is 97.7 Å². The fourth-order valence-electron chi connectivity index (χ4n) is 1.88. The molecule has 0 bridgehead atoms. The number of carbonyl (C=O) groups is 1. The van der Waals surface area contributed by atoms with Crippen LogP contribution in [0.1, 0.15) is 32.1 Å². The van der Waals surface area contributed by atoms with E-state index >= 15 is 0 Å². The normalized spacial score (nSPS) is 22.2. The number of hydrogen-bond donors (Lipinski definition) is 0. The van der Waals surface area contributed by atoms with E-state index in [0.717, 1.165) is 19.3 Å². The summed E-state index contributed by atoms with van der Waals surface area (Å²) >= 11 is 5.69. The average Bonchev–Trinajstić information content (AvgIpc) is 2.25. The van der Waals surface area contributed by atoms with Gasteiger partial charge in [-0.1, -0.05) is 0 Å². The highest BCUT2D eigenvalue weighted by atomic mass is 35.5. The van der Waals surface area contributed by atoms with E-state index in [4.69, 9.17) is 11.6 Å². The van der Waals surface area contributed by atoms with Gasteiger partial charge < -0.3 is 4.90 Å². The van der Waals surface area contributed by atoms with Gasteiger partial charge in [0.25, 0.3) is 0 Å². The molecule has 1 atom stereocenters. The number of hydrogen-bond acceptors (Lipinski definition) is 1. The second-order valence-electron chi connectivity index (χ2n) is 4.01. The van der Waals surface area contributed by atoms with Gasteiger partial charge >= 0.3 is 6.18 Å². The molecule has 0 radical (unpaired) electrons. The second-order valence-corrected chi connectivity index (χ2v) is 4.31. The minimum absolute atomic E-state index is 0.0869. The van der Waals surface area contributed by atoms with Crippen molar-refractivity contribution in [3.05, 3.63) is 0 Å². The number of alkyl halides is 4. The summed E-state index contributed by atoms with van der Waals surface area (Å²) in [7, 11) is 0. The smallest absolute Gasteiger partial charge is 0.339 e. The molecular weight excluding hydrogens is 243 g/mol. The first-order valence-electron chi connectivity index (χ1n) is 5.36. The van der Waals surface area contributed by atoms with E-state index in [1.807, 2.05) is 0 Å². The first-order valence-corrected chi connectivity index (χ1v) is 5.89. The van der Waals surface area contributed by atoms with Crippen molar-refractivity contribution < 1.29 is 18.0 Å². The van der Waals surface area contributed by atoms with Crippen LogP contribution in [-0.4, -0.2) is 35.4 Å². The van der Waals surface area contributed by atoms with E-state index in [9.17, 15) is 18.0 Å². The van der Waals surface area contributed by atoms with Crippen LogP contribution in [0, 0.1) is 0 Å². The molecule has 1 amide bonds. The lowest BCUT2D eigenvalue weighted by atomic mass is 10.0. The Balaban J connectivity index is 2.45. The number of amides is 1. The van der Waals surface area contributed by atoms with Crippen LogP contribution in [0.25, 0.3) is 0 Å². The molecule has 1 fully saturated rings. The van der Waals surface area contributed by atoms with E-state index in [1.165, 1.54) is 4.90 Å². The predicted octanol–water partition coefficient (Wildman–Crippen LogP) is 2.95. The Morgan fingerprint density at radius 3 is 2.62 bits per heavy atom. The molecule has 2 nitrogen and oxygen atoms in total. The van der Waals surface area contributed by atoms with Gasteiger partial charge in [-0.2, -0.15) is 13.2 Å². The van der Waals surface area contributed by atoms with Crippen molar-refractivity contribution in [1.82, 2.24) is 4.90 Å². The van der Waals surface area contributed by atoms with Crippen molar-refractivity contribution in [2.75, 3.05) is 12.4 Å². The van der Waals surface area contributed by atoms with Gasteiger partial charge in [0.15, 0.2) is 0 Å². The number of carbonyl (C=O) groups excluding carboxylic acids is 1. The minimum atomic E-state index is -4.26. The lowest BCUT2D eigenvalue weighted by Crippen LogP contribution is -2.44.